The minimum absolute atomic E-state index is 0.00397. The Morgan fingerprint density at radius 2 is 2.13 bits per heavy atom. The third-order valence-corrected chi connectivity index (χ3v) is 7.33. The summed E-state index contributed by atoms with van der Waals surface area (Å²) >= 11 is 6.25. The van der Waals surface area contributed by atoms with Crippen molar-refractivity contribution in [3.05, 3.63) is 0 Å². The van der Waals surface area contributed by atoms with Crippen molar-refractivity contribution in [3.8, 4) is 0 Å². The van der Waals surface area contributed by atoms with E-state index in [2.05, 4.69) is 38.2 Å². The number of nitrogens with two attached hydrogens (primary N) is 1. The predicted octanol–water partition coefficient (Wildman–Crippen LogP) is -2.65. The fraction of sp³-hybridized carbons (Fsp3) is 0.947. The molecule has 10 nitrogen and oxygen atoms in total. The van der Waals surface area contributed by atoms with Crippen molar-refractivity contribution < 1.29 is 9.53 Å². The molecule has 0 aromatic heterocycles. The molecule has 4 aliphatic heterocycles. The van der Waals surface area contributed by atoms with Crippen LogP contribution < -0.4 is 27.1 Å². The number of ether oxygens (including phenoxy) is 1. The number of hydrogen-bond acceptors (Lipinski definition) is 9. The van der Waals surface area contributed by atoms with Gasteiger partial charge >= 0.3 is 0 Å². The molecule has 0 bridgehead atoms. The summed E-state index contributed by atoms with van der Waals surface area (Å²) in [4.78, 5) is 18.2. The lowest BCUT2D eigenvalue weighted by Crippen LogP contribution is -2.66. The first kappa shape index (κ1) is 22.6. The molecule has 0 aliphatic carbocycles. The first-order valence-corrected chi connectivity index (χ1v) is 11.5. The van der Waals surface area contributed by atoms with Gasteiger partial charge in [-0.2, -0.15) is 0 Å². The molecule has 4 fully saturated rings. The van der Waals surface area contributed by atoms with Gasteiger partial charge < -0.3 is 21.1 Å². The first-order valence-electron chi connectivity index (χ1n) is 11.1. The van der Waals surface area contributed by atoms with E-state index >= 15 is 0 Å². The van der Waals surface area contributed by atoms with Gasteiger partial charge in [-0.15, -0.1) is 11.6 Å². The number of alkyl halides is 1. The second-order valence-electron chi connectivity index (χ2n) is 9.04. The van der Waals surface area contributed by atoms with Crippen molar-refractivity contribution in [1.29, 1.82) is 0 Å². The molecule has 0 aromatic rings. The fourth-order valence-electron chi connectivity index (χ4n) is 5.33. The van der Waals surface area contributed by atoms with Gasteiger partial charge in [-0.05, 0) is 20.0 Å². The summed E-state index contributed by atoms with van der Waals surface area (Å²) in [7, 11) is 3.92. The average molecular weight is 445 g/mol. The van der Waals surface area contributed by atoms with Crippen molar-refractivity contribution >= 4 is 17.5 Å². The number of likely N-dealkylation sites (N-methyl/N-ethyl adjacent to an activating group) is 1. The fourth-order valence-corrected chi connectivity index (χ4v) is 5.57. The molecule has 6 N–H and O–H groups in total. The Morgan fingerprint density at radius 3 is 2.93 bits per heavy atom. The Bertz CT molecular complexity index is 601. The predicted molar refractivity (Wildman–Crippen MR) is 116 cm³/mol. The number of nitrogens with zero attached hydrogens (tertiary/aromatic N) is 3. The Hall–Kier alpha value is -0.560. The molecule has 0 radical (unpaired) electrons. The van der Waals surface area contributed by atoms with Crippen molar-refractivity contribution in [1.82, 2.24) is 36.2 Å². The molecule has 7 atom stereocenters. The Kier molecular flexibility index (Phi) is 7.49. The Morgan fingerprint density at radius 1 is 1.30 bits per heavy atom. The highest BCUT2D eigenvalue weighted by Gasteiger charge is 2.47. The normalized spacial score (nSPS) is 41.5. The van der Waals surface area contributed by atoms with Crippen molar-refractivity contribution in [2.45, 2.75) is 42.3 Å². The van der Waals surface area contributed by atoms with E-state index in [-0.39, 0.29) is 29.4 Å². The maximum absolute atomic E-state index is 13.3. The van der Waals surface area contributed by atoms with Crippen molar-refractivity contribution in [2.75, 3.05) is 66.6 Å². The number of amides is 1. The third kappa shape index (κ3) is 4.77. The molecule has 30 heavy (non-hydrogen) atoms. The van der Waals surface area contributed by atoms with Crippen LogP contribution in [0, 0.1) is 5.92 Å². The van der Waals surface area contributed by atoms with Gasteiger partial charge in [0.2, 0.25) is 5.91 Å². The third-order valence-electron chi connectivity index (χ3n) is 7.03. The largest absolute Gasteiger partial charge is 0.383 e. The zero-order valence-electron chi connectivity index (χ0n) is 18.0. The Labute approximate surface area is 184 Å². The monoisotopic (exact) mass is 444 g/mol. The van der Waals surface area contributed by atoms with E-state index in [0.29, 0.717) is 25.2 Å². The topological polar surface area (TPSA) is 110 Å². The van der Waals surface area contributed by atoms with Gasteiger partial charge in [0.15, 0.2) is 0 Å². The number of carbonyl (C=O) groups is 1. The second kappa shape index (κ2) is 9.93. The van der Waals surface area contributed by atoms with E-state index < -0.39 is 6.17 Å². The number of methoxy groups -OCH3 is 1. The van der Waals surface area contributed by atoms with Gasteiger partial charge in [0.05, 0.1) is 36.3 Å². The number of rotatable bonds is 5. The quantitative estimate of drug-likeness (QED) is 0.290. The molecule has 11 heteroatoms. The minimum Gasteiger partial charge on any atom is -0.383 e. The highest BCUT2D eigenvalue weighted by molar-refractivity contribution is 6.21. The molecule has 4 saturated heterocycles. The molecule has 172 valence electrons. The molecule has 1 amide bonds. The molecule has 4 aliphatic rings. The van der Waals surface area contributed by atoms with Crippen LogP contribution in [-0.4, -0.2) is 123 Å². The van der Waals surface area contributed by atoms with Crippen LogP contribution in [0.4, 0.5) is 0 Å². The van der Waals surface area contributed by atoms with Crippen LogP contribution in [0.15, 0.2) is 0 Å². The summed E-state index contributed by atoms with van der Waals surface area (Å²) < 4.78 is 5.42. The zero-order valence-corrected chi connectivity index (χ0v) is 18.8. The highest BCUT2D eigenvalue weighted by Crippen LogP contribution is 2.24. The number of halogens is 1. The van der Waals surface area contributed by atoms with Crippen molar-refractivity contribution in [2.24, 2.45) is 11.7 Å². The van der Waals surface area contributed by atoms with Crippen LogP contribution in [0.3, 0.4) is 0 Å². The molecule has 7 unspecified atom stereocenters. The molecular formula is C19H37ClN8O2. The molecule has 0 saturated carbocycles. The number of nitrogens with one attached hydrogen (secondary N) is 4. The Balaban J connectivity index is 1.40. The first-order chi connectivity index (χ1) is 14.5. The van der Waals surface area contributed by atoms with E-state index in [1.807, 2.05) is 5.01 Å². The van der Waals surface area contributed by atoms with E-state index in [1.165, 1.54) is 0 Å². The molecule has 0 spiro atoms. The molecule has 4 rings (SSSR count). The smallest absolute Gasteiger partial charge is 0.229 e. The SMILES string of the molecule is COCC1CN(C2CCNCC2NC(=O)C2C(N)NN3CC(Cl)CNC23)CCN1C. The van der Waals surface area contributed by atoms with Gasteiger partial charge in [-0.25, -0.2) is 10.4 Å². The average Bonchev–Trinajstić information content (AvgIpc) is 3.05. The van der Waals surface area contributed by atoms with Gasteiger partial charge in [0.25, 0.3) is 0 Å². The van der Waals surface area contributed by atoms with Gasteiger partial charge in [0.1, 0.15) is 0 Å². The standard InChI is InChI=1S/C19H37ClN8O2/c1-26-5-6-27(10-13(26)11-30-2)15-3-4-22-8-14(15)24-19(29)16-17(21)25-28-9-12(20)7-23-18(16)28/h12-18,22-23,25H,3-11,21H2,1-2H3,(H,24,29). The number of fused-ring (bicyclic) bond motifs is 1. The zero-order chi connectivity index (χ0) is 21.3. The summed E-state index contributed by atoms with van der Waals surface area (Å²) in [5.74, 6) is -0.352. The van der Waals surface area contributed by atoms with E-state index in [4.69, 9.17) is 22.1 Å². The van der Waals surface area contributed by atoms with Crippen LogP contribution in [-0.2, 0) is 9.53 Å². The maximum Gasteiger partial charge on any atom is 0.229 e. The number of piperidine rings is 1. The van der Waals surface area contributed by atoms with Gasteiger partial charge in [-0.1, -0.05) is 0 Å². The summed E-state index contributed by atoms with van der Waals surface area (Å²) in [5.41, 5.74) is 9.50. The van der Waals surface area contributed by atoms with E-state index in [0.717, 1.165) is 45.8 Å². The lowest BCUT2D eigenvalue weighted by atomic mass is 9.95. The lowest BCUT2D eigenvalue weighted by molar-refractivity contribution is -0.128. The maximum atomic E-state index is 13.3. The summed E-state index contributed by atoms with van der Waals surface area (Å²) in [6.45, 7) is 6.80. The van der Waals surface area contributed by atoms with Crippen LogP contribution in [0.2, 0.25) is 0 Å². The minimum atomic E-state index is -0.422. The van der Waals surface area contributed by atoms with Crippen LogP contribution in [0.25, 0.3) is 0 Å². The number of hydrogen-bond donors (Lipinski definition) is 5. The van der Waals surface area contributed by atoms with Crippen LogP contribution >= 0.6 is 11.6 Å². The van der Waals surface area contributed by atoms with Crippen LogP contribution in [0.5, 0.6) is 0 Å². The molecule has 0 aromatic carbocycles. The van der Waals surface area contributed by atoms with Crippen molar-refractivity contribution in [3.63, 3.8) is 0 Å². The summed E-state index contributed by atoms with van der Waals surface area (Å²) in [5, 5.41) is 12.1. The van der Waals surface area contributed by atoms with Gasteiger partial charge in [0, 0.05) is 58.5 Å². The summed E-state index contributed by atoms with van der Waals surface area (Å²) in [6, 6.07) is 0.755. The number of piperazine rings is 1. The number of hydrazine groups is 1. The molecule has 4 heterocycles. The number of carbonyl (C=O) groups excluding carboxylic acids is 1. The van der Waals surface area contributed by atoms with Gasteiger partial charge in [-0.3, -0.25) is 19.9 Å². The lowest BCUT2D eigenvalue weighted by Gasteiger charge is -2.47. The second-order valence-corrected chi connectivity index (χ2v) is 9.66. The summed E-state index contributed by atoms with van der Waals surface area (Å²) in [6.07, 6.45) is 0.472. The highest BCUT2D eigenvalue weighted by atomic mass is 35.5. The molecular weight excluding hydrogens is 408 g/mol. The van der Waals surface area contributed by atoms with Crippen LogP contribution in [0.1, 0.15) is 6.42 Å². The van der Waals surface area contributed by atoms with E-state index in [9.17, 15) is 4.79 Å². The van der Waals surface area contributed by atoms with E-state index in [1.54, 1.807) is 7.11 Å².